The van der Waals surface area contributed by atoms with Crippen molar-refractivity contribution in [2.75, 3.05) is 20.3 Å². The first kappa shape index (κ1) is 15.3. The fraction of sp³-hybridized carbons (Fsp3) is 1.00. The Morgan fingerprint density at radius 2 is 1.74 bits per heavy atom. The zero-order valence-electron chi connectivity index (χ0n) is 12.9. The van der Waals surface area contributed by atoms with E-state index < -0.39 is 0 Å². The average molecular weight is 269 g/mol. The monoisotopic (exact) mass is 269 g/mol. The van der Waals surface area contributed by atoms with Crippen molar-refractivity contribution in [2.45, 2.75) is 70.6 Å². The van der Waals surface area contributed by atoms with E-state index in [9.17, 15) is 0 Å². The van der Waals surface area contributed by atoms with Crippen molar-refractivity contribution in [1.29, 1.82) is 0 Å². The molecule has 3 nitrogen and oxygen atoms in total. The second-order valence-electron chi connectivity index (χ2n) is 6.24. The average Bonchev–Trinajstić information content (AvgIpc) is 2.43. The Morgan fingerprint density at radius 1 is 1.05 bits per heavy atom. The Morgan fingerprint density at radius 3 is 2.32 bits per heavy atom. The summed E-state index contributed by atoms with van der Waals surface area (Å²) in [5, 5.41) is 3.71. The molecule has 112 valence electrons. The van der Waals surface area contributed by atoms with E-state index in [1.165, 1.54) is 38.6 Å². The molecule has 3 atom stereocenters. The van der Waals surface area contributed by atoms with Crippen LogP contribution in [0.25, 0.3) is 0 Å². The number of methoxy groups -OCH3 is 1. The van der Waals surface area contributed by atoms with Gasteiger partial charge in [-0.2, -0.15) is 0 Å². The van der Waals surface area contributed by atoms with E-state index in [-0.39, 0.29) is 6.10 Å². The molecule has 0 amide bonds. The smallest absolute Gasteiger partial charge is 0.0986 e. The van der Waals surface area contributed by atoms with E-state index in [1.54, 1.807) is 7.11 Å². The van der Waals surface area contributed by atoms with E-state index in [2.05, 4.69) is 19.2 Å². The molecule has 0 bridgehead atoms. The molecule has 0 heterocycles. The van der Waals surface area contributed by atoms with Gasteiger partial charge in [0.05, 0.1) is 12.2 Å². The predicted octanol–water partition coefficient (Wildman–Crippen LogP) is 2.98. The van der Waals surface area contributed by atoms with E-state index in [0.717, 1.165) is 24.9 Å². The van der Waals surface area contributed by atoms with Crippen LogP contribution in [0.2, 0.25) is 0 Å². The van der Waals surface area contributed by atoms with Crippen molar-refractivity contribution >= 4 is 0 Å². The van der Waals surface area contributed by atoms with Gasteiger partial charge in [-0.1, -0.05) is 26.2 Å². The molecule has 1 N–H and O–H groups in total. The molecule has 0 aromatic rings. The lowest BCUT2D eigenvalue weighted by Gasteiger charge is -2.44. The van der Waals surface area contributed by atoms with Gasteiger partial charge in [0.1, 0.15) is 0 Å². The van der Waals surface area contributed by atoms with Crippen molar-refractivity contribution < 1.29 is 9.47 Å². The Hall–Kier alpha value is -0.120. The summed E-state index contributed by atoms with van der Waals surface area (Å²) in [7, 11) is 1.80. The highest BCUT2D eigenvalue weighted by Crippen LogP contribution is 2.31. The van der Waals surface area contributed by atoms with E-state index >= 15 is 0 Å². The van der Waals surface area contributed by atoms with Crippen LogP contribution >= 0.6 is 0 Å². The summed E-state index contributed by atoms with van der Waals surface area (Å²) >= 11 is 0. The van der Waals surface area contributed by atoms with Gasteiger partial charge in [0.25, 0.3) is 0 Å². The van der Waals surface area contributed by atoms with Gasteiger partial charge in [-0.25, -0.2) is 0 Å². The molecule has 19 heavy (non-hydrogen) atoms. The van der Waals surface area contributed by atoms with Crippen LogP contribution in [-0.2, 0) is 9.47 Å². The predicted molar refractivity (Wildman–Crippen MR) is 78.4 cm³/mol. The first-order chi connectivity index (χ1) is 9.28. The van der Waals surface area contributed by atoms with Crippen LogP contribution in [0.3, 0.4) is 0 Å². The molecule has 0 saturated heterocycles. The molecule has 0 aromatic heterocycles. The first-order valence-electron chi connectivity index (χ1n) is 8.16. The quantitative estimate of drug-likeness (QED) is 0.771. The number of hydrogen-bond donors (Lipinski definition) is 1. The summed E-state index contributed by atoms with van der Waals surface area (Å²) in [6.45, 7) is 6.34. The summed E-state index contributed by atoms with van der Waals surface area (Å²) in [5.74, 6) is 1.88. The van der Waals surface area contributed by atoms with Gasteiger partial charge in [0, 0.05) is 19.8 Å². The molecule has 2 aliphatic carbocycles. The fourth-order valence-corrected chi connectivity index (χ4v) is 3.64. The van der Waals surface area contributed by atoms with E-state index in [0.29, 0.717) is 12.1 Å². The van der Waals surface area contributed by atoms with Crippen LogP contribution in [0.1, 0.15) is 52.4 Å². The highest BCUT2D eigenvalue weighted by molar-refractivity contribution is 4.97. The van der Waals surface area contributed by atoms with Crippen molar-refractivity contribution in [3.63, 3.8) is 0 Å². The minimum Gasteiger partial charge on any atom is -0.377 e. The molecule has 3 heteroatoms. The highest BCUT2D eigenvalue weighted by atomic mass is 16.5. The number of hydrogen-bond acceptors (Lipinski definition) is 3. The third kappa shape index (κ3) is 3.93. The number of ether oxygens (including phenoxy) is 2. The maximum Gasteiger partial charge on any atom is 0.0986 e. The van der Waals surface area contributed by atoms with Crippen LogP contribution in [0.4, 0.5) is 0 Å². The second-order valence-corrected chi connectivity index (χ2v) is 6.24. The normalized spacial score (nSPS) is 39.0. The SMILES string of the molecule is CCOC1CC(NCC2CCC(CC)CC2)C1OC. The Labute approximate surface area is 118 Å². The molecule has 2 rings (SSSR count). The van der Waals surface area contributed by atoms with Crippen LogP contribution in [0.15, 0.2) is 0 Å². The van der Waals surface area contributed by atoms with Crippen molar-refractivity contribution in [2.24, 2.45) is 11.8 Å². The van der Waals surface area contributed by atoms with Crippen molar-refractivity contribution in [3.8, 4) is 0 Å². The highest BCUT2D eigenvalue weighted by Gasteiger charge is 2.41. The Kier molecular flexibility index (Phi) is 6.11. The molecular formula is C16H31NO2. The lowest BCUT2D eigenvalue weighted by atomic mass is 9.80. The summed E-state index contributed by atoms with van der Waals surface area (Å²) in [6, 6.07) is 0.505. The van der Waals surface area contributed by atoms with Crippen LogP contribution in [-0.4, -0.2) is 38.5 Å². The van der Waals surface area contributed by atoms with Gasteiger partial charge >= 0.3 is 0 Å². The Bertz CT molecular complexity index is 251. The van der Waals surface area contributed by atoms with Gasteiger partial charge in [-0.15, -0.1) is 0 Å². The fourth-order valence-electron chi connectivity index (χ4n) is 3.64. The summed E-state index contributed by atoms with van der Waals surface area (Å²) in [5.41, 5.74) is 0. The molecule has 3 unspecified atom stereocenters. The zero-order chi connectivity index (χ0) is 13.7. The molecule has 2 saturated carbocycles. The molecule has 0 aliphatic heterocycles. The third-order valence-electron chi connectivity index (χ3n) is 5.11. The number of nitrogens with one attached hydrogen (secondary N) is 1. The number of rotatable bonds is 7. The molecule has 0 aromatic carbocycles. The second kappa shape index (κ2) is 7.61. The molecule has 2 fully saturated rings. The van der Waals surface area contributed by atoms with Gasteiger partial charge in [0.15, 0.2) is 0 Å². The van der Waals surface area contributed by atoms with E-state index in [1.807, 2.05) is 0 Å². The lowest BCUT2D eigenvalue weighted by molar-refractivity contribution is -0.131. The van der Waals surface area contributed by atoms with Crippen molar-refractivity contribution in [3.05, 3.63) is 0 Å². The summed E-state index contributed by atoms with van der Waals surface area (Å²) in [6.07, 6.45) is 8.72. The van der Waals surface area contributed by atoms with Gasteiger partial charge in [0.2, 0.25) is 0 Å². The van der Waals surface area contributed by atoms with Crippen molar-refractivity contribution in [1.82, 2.24) is 5.32 Å². The van der Waals surface area contributed by atoms with Gasteiger partial charge in [-0.3, -0.25) is 0 Å². The van der Waals surface area contributed by atoms with Crippen LogP contribution < -0.4 is 5.32 Å². The molecule has 2 aliphatic rings. The lowest BCUT2D eigenvalue weighted by Crippen LogP contribution is -2.60. The van der Waals surface area contributed by atoms with E-state index in [4.69, 9.17) is 9.47 Å². The minimum atomic E-state index is 0.256. The largest absolute Gasteiger partial charge is 0.377 e. The van der Waals surface area contributed by atoms with Gasteiger partial charge in [-0.05, 0) is 44.6 Å². The standard InChI is InChI=1S/C16H31NO2/c1-4-12-6-8-13(9-7-12)11-17-14-10-15(19-5-2)16(14)18-3/h12-17H,4-11H2,1-3H3. The maximum absolute atomic E-state index is 5.67. The topological polar surface area (TPSA) is 30.5 Å². The summed E-state index contributed by atoms with van der Waals surface area (Å²) < 4.78 is 11.2. The maximum atomic E-state index is 5.67. The first-order valence-corrected chi connectivity index (χ1v) is 8.16. The van der Waals surface area contributed by atoms with Crippen LogP contribution in [0, 0.1) is 11.8 Å². The minimum absolute atomic E-state index is 0.256. The molecular weight excluding hydrogens is 238 g/mol. The Balaban J connectivity index is 1.64. The molecule has 0 spiro atoms. The third-order valence-corrected chi connectivity index (χ3v) is 5.11. The summed E-state index contributed by atoms with van der Waals surface area (Å²) in [4.78, 5) is 0. The van der Waals surface area contributed by atoms with Gasteiger partial charge < -0.3 is 14.8 Å². The zero-order valence-corrected chi connectivity index (χ0v) is 12.9. The van der Waals surface area contributed by atoms with Crippen LogP contribution in [0.5, 0.6) is 0 Å². The molecule has 0 radical (unpaired) electrons.